The maximum Gasteiger partial charge on any atom is 0.317 e. The summed E-state index contributed by atoms with van der Waals surface area (Å²) >= 11 is 0. The van der Waals surface area contributed by atoms with Gasteiger partial charge in [0.2, 0.25) is 5.91 Å². The number of carbonyl (C=O) groups is 2. The molecule has 1 aliphatic rings. The molecular formula is C16H21FN2O3. The molecule has 2 atom stereocenters. The number of halogens is 1. The smallest absolute Gasteiger partial charge is 0.317 e. The zero-order valence-electron chi connectivity index (χ0n) is 12.6. The van der Waals surface area contributed by atoms with Gasteiger partial charge in [0, 0.05) is 19.0 Å². The van der Waals surface area contributed by atoms with Gasteiger partial charge >= 0.3 is 5.97 Å². The Morgan fingerprint density at radius 3 is 2.86 bits per heavy atom. The molecule has 6 heteroatoms. The number of aliphatic carboxylic acids is 1. The summed E-state index contributed by atoms with van der Waals surface area (Å²) in [4.78, 5) is 24.3. The molecule has 1 amide bonds. The lowest BCUT2D eigenvalue weighted by Crippen LogP contribution is -2.57. The van der Waals surface area contributed by atoms with Crippen molar-refractivity contribution in [3.8, 4) is 0 Å². The van der Waals surface area contributed by atoms with E-state index in [1.807, 2.05) is 11.0 Å². The van der Waals surface area contributed by atoms with Gasteiger partial charge in [-0.2, -0.15) is 0 Å². The molecule has 0 radical (unpaired) electrons. The van der Waals surface area contributed by atoms with E-state index in [9.17, 15) is 14.0 Å². The molecule has 1 aliphatic heterocycles. The number of carbonyl (C=O) groups excluding carboxylic acids is 1. The van der Waals surface area contributed by atoms with E-state index in [1.165, 1.54) is 19.1 Å². The van der Waals surface area contributed by atoms with E-state index < -0.39 is 5.97 Å². The summed E-state index contributed by atoms with van der Waals surface area (Å²) in [6.07, 6.45) is 2.14. The maximum atomic E-state index is 13.4. The average Bonchev–Trinajstić information content (AvgIpc) is 2.41. The monoisotopic (exact) mass is 308 g/mol. The molecule has 120 valence electrons. The van der Waals surface area contributed by atoms with Crippen molar-refractivity contribution in [3.63, 3.8) is 0 Å². The van der Waals surface area contributed by atoms with Gasteiger partial charge < -0.3 is 10.4 Å². The number of hydrogen-bond donors (Lipinski definition) is 2. The van der Waals surface area contributed by atoms with E-state index >= 15 is 0 Å². The summed E-state index contributed by atoms with van der Waals surface area (Å²) in [5.74, 6) is -1.34. The Bertz CT molecular complexity index is 526. The summed E-state index contributed by atoms with van der Waals surface area (Å²) in [6.45, 7) is 2.05. The van der Waals surface area contributed by atoms with Crippen molar-refractivity contribution in [1.29, 1.82) is 0 Å². The first-order valence-corrected chi connectivity index (χ1v) is 7.43. The first-order chi connectivity index (χ1) is 10.5. The number of rotatable bonds is 5. The van der Waals surface area contributed by atoms with Crippen molar-refractivity contribution in [2.75, 3.05) is 13.1 Å². The third kappa shape index (κ3) is 4.53. The van der Waals surface area contributed by atoms with Crippen LogP contribution in [0.15, 0.2) is 24.3 Å². The SMILES string of the molecule is CC(=O)N[C@H]1CCCN(CC(=O)O)[C@H]1Cc1cccc(F)c1. The largest absolute Gasteiger partial charge is 0.480 e. The minimum absolute atomic E-state index is 0.0733. The summed E-state index contributed by atoms with van der Waals surface area (Å²) < 4.78 is 13.4. The second-order valence-corrected chi connectivity index (χ2v) is 5.71. The van der Waals surface area contributed by atoms with Gasteiger partial charge in [0.05, 0.1) is 6.54 Å². The summed E-state index contributed by atoms with van der Waals surface area (Å²) in [5.41, 5.74) is 0.803. The summed E-state index contributed by atoms with van der Waals surface area (Å²) in [5, 5.41) is 12.0. The molecule has 2 rings (SSSR count). The van der Waals surface area contributed by atoms with Crippen LogP contribution in [0, 0.1) is 5.82 Å². The van der Waals surface area contributed by atoms with Crippen LogP contribution in [-0.2, 0) is 16.0 Å². The summed E-state index contributed by atoms with van der Waals surface area (Å²) in [6, 6.07) is 6.04. The molecule has 0 spiro atoms. The zero-order chi connectivity index (χ0) is 16.1. The fraction of sp³-hybridized carbons (Fsp3) is 0.500. The molecule has 1 aromatic rings. The number of hydrogen-bond acceptors (Lipinski definition) is 3. The Labute approximate surface area is 129 Å². The molecule has 1 heterocycles. The van der Waals surface area contributed by atoms with Gasteiger partial charge in [-0.15, -0.1) is 0 Å². The molecule has 0 saturated carbocycles. The van der Waals surface area contributed by atoms with Gasteiger partial charge in [-0.05, 0) is 43.5 Å². The van der Waals surface area contributed by atoms with Crippen LogP contribution in [0.25, 0.3) is 0 Å². The fourth-order valence-electron chi connectivity index (χ4n) is 3.10. The number of likely N-dealkylation sites (tertiary alicyclic amines) is 1. The van der Waals surface area contributed by atoms with E-state index in [-0.39, 0.29) is 30.4 Å². The lowest BCUT2D eigenvalue weighted by molar-refractivity contribution is -0.139. The van der Waals surface area contributed by atoms with Crippen molar-refractivity contribution in [2.24, 2.45) is 0 Å². The van der Waals surface area contributed by atoms with Crippen LogP contribution in [-0.4, -0.2) is 47.1 Å². The van der Waals surface area contributed by atoms with Crippen LogP contribution in [0.3, 0.4) is 0 Å². The number of amides is 1. The number of piperidine rings is 1. The highest BCUT2D eigenvalue weighted by Gasteiger charge is 2.33. The van der Waals surface area contributed by atoms with Gasteiger partial charge in [-0.1, -0.05) is 12.1 Å². The average molecular weight is 308 g/mol. The quantitative estimate of drug-likeness (QED) is 0.863. The van der Waals surface area contributed by atoms with Crippen LogP contribution < -0.4 is 5.32 Å². The van der Waals surface area contributed by atoms with Gasteiger partial charge in [0.25, 0.3) is 0 Å². The first kappa shape index (κ1) is 16.4. The molecule has 1 saturated heterocycles. The minimum Gasteiger partial charge on any atom is -0.480 e. The molecule has 2 N–H and O–H groups in total. The first-order valence-electron chi connectivity index (χ1n) is 7.43. The third-order valence-electron chi connectivity index (χ3n) is 3.95. The Kier molecular flexibility index (Phi) is 5.49. The van der Waals surface area contributed by atoms with Crippen LogP contribution in [0.4, 0.5) is 4.39 Å². The van der Waals surface area contributed by atoms with Crippen molar-refractivity contribution >= 4 is 11.9 Å². The number of benzene rings is 1. The van der Waals surface area contributed by atoms with Gasteiger partial charge in [-0.3, -0.25) is 14.5 Å². The second kappa shape index (κ2) is 7.35. The highest BCUT2D eigenvalue weighted by Crippen LogP contribution is 2.22. The van der Waals surface area contributed by atoms with Crippen LogP contribution >= 0.6 is 0 Å². The predicted molar refractivity (Wildman–Crippen MR) is 79.9 cm³/mol. The Morgan fingerprint density at radius 1 is 1.45 bits per heavy atom. The lowest BCUT2D eigenvalue weighted by Gasteiger charge is -2.41. The highest BCUT2D eigenvalue weighted by atomic mass is 19.1. The molecule has 0 aromatic heterocycles. The molecule has 1 aromatic carbocycles. The zero-order valence-corrected chi connectivity index (χ0v) is 12.6. The van der Waals surface area contributed by atoms with Crippen LogP contribution in [0.5, 0.6) is 0 Å². The molecule has 0 aliphatic carbocycles. The lowest BCUT2D eigenvalue weighted by atomic mass is 9.90. The minimum atomic E-state index is -0.896. The van der Waals surface area contributed by atoms with Gasteiger partial charge in [0.1, 0.15) is 5.82 Å². The second-order valence-electron chi connectivity index (χ2n) is 5.71. The van der Waals surface area contributed by atoms with Crippen LogP contribution in [0.1, 0.15) is 25.3 Å². The fourth-order valence-corrected chi connectivity index (χ4v) is 3.10. The third-order valence-corrected chi connectivity index (χ3v) is 3.95. The van der Waals surface area contributed by atoms with E-state index in [4.69, 9.17) is 5.11 Å². The Morgan fingerprint density at radius 2 is 2.23 bits per heavy atom. The molecule has 0 unspecified atom stereocenters. The number of carboxylic acids is 1. The Hall–Kier alpha value is -1.95. The molecule has 1 fully saturated rings. The highest BCUT2D eigenvalue weighted by molar-refractivity contribution is 5.73. The summed E-state index contributed by atoms with van der Waals surface area (Å²) in [7, 11) is 0. The standard InChI is InChI=1S/C16H21FN2O3/c1-11(20)18-14-6-3-7-19(10-16(21)22)15(14)9-12-4-2-5-13(17)8-12/h2,4-5,8,14-15H,3,6-7,9-10H2,1H3,(H,18,20)(H,21,22)/t14-,15-/m0/s1. The van der Waals surface area contributed by atoms with Crippen molar-refractivity contribution in [2.45, 2.75) is 38.3 Å². The number of nitrogens with one attached hydrogen (secondary N) is 1. The van der Waals surface area contributed by atoms with E-state index in [1.54, 1.807) is 6.07 Å². The normalized spacial score (nSPS) is 22.3. The van der Waals surface area contributed by atoms with Crippen molar-refractivity contribution in [3.05, 3.63) is 35.6 Å². The molecular weight excluding hydrogens is 287 g/mol. The number of nitrogens with zero attached hydrogens (tertiary/aromatic N) is 1. The number of carboxylic acid groups (broad SMARTS) is 1. The van der Waals surface area contributed by atoms with E-state index in [0.717, 1.165) is 18.4 Å². The van der Waals surface area contributed by atoms with Crippen molar-refractivity contribution < 1.29 is 19.1 Å². The molecule has 5 nitrogen and oxygen atoms in total. The van der Waals surface area contributed by atoms with E-state index in [2.05, 4.69) is 5.32 Å². The topological polar surface area (TPSA) is 69.6 Å². The van der Waals surface area contributed by atoms with E-state index in [0.29, 0.717) is 13.0 Å². The maximum absolute atomic E-state index is 13.4. The molecule has 22 heavy (non-hydrogen) atoms. The predicted octanol–water partition coefficient (Wildman–Crippen LogP) is 1.42. The van der Waals surface area contributed by atoms with Crippen molar-refractivity contribution in [1.82, 2.24) is 10.2 Å². The molecule has 0 bridgehead atoms. The van der Waals surface area contributed by atoms with Gasteiger partial charge in [0.15, 0.2) is 0 Å². The van der Waals surface area contributed by atoms with Gasteiger partial charge in [-0.25, -0.2) is 4.39 Å². The Balaban J connectivity index is 2.19. The van der Waals surface area contributed by atoms with Crippen LogP contribution in [0.2, 0.25) is 0 Å².